The Morgan fingerprint density at radius 1 is 0.625 bits per heavy atom. The summed E-state index contributed by atoms with van der Waals surface area (Å²) in [6.07, 6.45) is 9.80. The second-order valence-electron chi connectivity index (χ2n) is 14.7. The van der Waals surface area contributed by atoms with Crippen LogP contribution in [-0.4, -0.2) is 200 Å². The number of hydrogen-bond acceptors (Lipinski definition) is 19. The topological polar surface area (TPSA) is 260 Å². The van der Waals surface area contributed by atoms with Crippen LogP contribution in [0.15, 0.2) is 57.9 Å². The van der Waals surface area contributed by atoms with Gasteiger partial charge in [-0.2, -0.15) is 0 Å². The van der Waals surface area contributed by atoms with Gasteiger partial charge in [-0.1, -0.05) is 5.16 Å². The molecule has 4 aromatic rings. The van der Waals surface area contributed by atoms with E-state index in [-0.39, 0.29) is 47.8 Å². The molecule has 0 spiro atoms. The first-order valence-electron chi connectivity index (χ1n) is 21.0. The highest BCUT2D eigenvalue weighted by Gasteiger charge is 2.30. The number of likely N-dealkylation sites (N-methyl/N-ethyl adjacent to an activating group) is 4. The Kier molecular flexibility index (Phi) is 21.2. The molecule has 4 aliphatic heterocycles. The van der Waals surface area contributed by atoms with Crippen molar-refractivity contribution in [1.82, 2.24) is 66.0 Å². The van der Waals surface area contributed by atoms with Crippen molar-refractivity contribution in [2.45, 2.75) is 50.3 Å². The molecule has 4 saturated heterocycles. The number of aromatic nitrogens is 5. The highest BCUT2D eigenvalue weighted by molar-refractivity contribution is 7.09. The van der Waals surface area contributed by atoms with Crippen molar-refractivity contribution in [1.29, 1.82) is 0 Å². The molecule has 5 N–H and O–H groups in total. The number of ether oxygens (including phenoxy) is 4. The summed E-state index contributed by atoms with van der Waals surface area (Å²) in [5.41, 5.74) is 1.78. The monoisotopic (exact) mass is 915 g/mol. The van der Waals surface area contributed by atoms with E-state index in [4.69, 9.17) is 27.9 Å². The van der Waals surface area contributed by atoms with Gasteiger partial charge in [0.05, 0.1) is 96.9 Å². The van der Waals surface area contributed by atoms with Crippen LogP contribution in [0.2, 0.25) is 0 Å². The Bertz CT molecular complexity index is 1630. The van der Waals surface area contributed by atoms with Crippen LogP contribution in [-0.2, 0) is 64.3 Å². The molecule has 23 nitrogen and oxygen atoms in total. The minimum Gasteiger partial charge on any atom is -0.447 e. The number of nitrogens with zero attached hydrogens (tertiary/aromatic N) is 8. The number of aromatic amines is 1. The highest BCUT2D eigenvalue weighted by Crippen LogP contribution is 2.13. The molecule has 4 aliphatic rings. The van der Waals surface area contributed by atoms with Gasteiger partial charge in [-0.05, 0) is 28.2 Å². The van der Waals surface area contributed by atoms with Gasteiger partial charge in [0.25, 0.3) is 0 Å². The number of oxazole rings is 1. The molecule has 4 atom stereocenters. The van der Waals surface area contributed by atoms with E-state index >= 15 is 0 Å². The minimum absolute atomic E-state index is 0.0383. The van der Waals surface area contributed by atoms with Gasteiger partial charge in [0.15, 0.2) is 12.2 Å². The third kappa shape index (κ3) is 15.5. The third-order valence-electron chi connectivity index (χ3n) is 10.4. The SMILES string of the molecule is CNC1COCCN(Cc2ccno2)C1=O.CNC1COCCN(Cc2cnco2)C1=O.CNC1COCCN(Cc2cncs2)C1=O.CNC1COCCN(Cc2ncc[nH]2)C1=O. The Morgan fingerprint density at radius 2 is 1.11 bits per heavy atom. The van der Waals surface area contributed by atoms with Gasteiger partial charge in [-0.25, -0.2) is 9.97 Å². The summed E-state index contributed by atoms with van der Waals surface area (Å²) in [7, 11) is 7.05. The summed E-state index contributed by atoms with van der Waals surface area (Å²) < 4.78 is 31.6. The zero-order chi connectivity index (χ0) is 45.5. The first-order chi connectivity index (χ1) is 31.2. The van der Waals surface area contributed by atoms with Crippen molar-refractivity contribution >= 4 is 35.0 Å². The van der Waals surface area contributed by atoms with E-state index in [2.05, 4.69) is 46.4 Å². The predicted octanol–water partition coefficient (Wildman–Crippen LogP) is -1.31. The van der Waals surface area contributed by atoms with Gasteiger partial charge in [-0.15, -0.1) is 11.3 Å². The number of nitrogens with one attached hydrogen (secondary N) is 5. The number of carbonyl (C=O) groups is 4. The number of imidazole rings is 1. The first-order valence-corrected chi connectivity index (χ1v) is 21.9. The summed E-state index contributed by atoms with van der Waals surface area (Å²) in [6.45, 7) is 8.45. The van der Waals surface area contributed by atoms with E-state index < -0.39 is 0 Å². The molecule has 24 heteroatoms. The summed E-state index contributed by atoms with van der Waals surface area (Å²) in [5, 5.41) is 15.4. The molecule has 64 heavy (non-hydrogen) atoms. The van der Waals surface area contributed by atoms with E-state index in [0.29, 0.717) is 117 Å². The van der Waals surface area contributed by atoms with Gasteiger partial charge < -0.3 is 73.7 Å². The van der Waals surface area contributed by atoms with E-state index in [1.807, 2.05) is 4.90 Å². The van der Waals surface area contributed by atoms with Crippen LogP contribution in [0.1, 0.15) is 22.2 Å². The molecule has 0 aliphatic carbocycles. The van der Waals surface area contributed by atoms with Crippen LogP contribution in [0, 0.1) is 0 Å². The molecule has 4 aromatic heterocycles. The lowest BCUT2D eigenvalue weighted by Gasteiger charge is -2.22. The zero-order valence-corrected chi connectivity index (χ0v) is 37.6. The van der Waals surface area contributed by atoms with Crippen LogP contribution in [0.25, 0.3) is 0 Å². The van der Waals surface area contributed by atoms with Crippen LogP contribution >= 0.6 is 11.3 Å². The molecule has 0 bridgehead atoms. The molecule has 4 unspecified atom stereocenters. The molecule has 8 rings (SSSR count). The Morgan fingerprint density at radius 3 is 1.50 bits per heavy atom. The molecule has 0 aromatic carbocycles. The van der Waals surface area contributed by atoms with Gasteiger partial charge in [0.2, 0.25) is 23.6 Å². The largest absolute Gasteiger partial charge is 0.447 e. The van der Waals surface area contributed by atoms with E-state index in [0.717, 1.165) is 10.7 Å². The van der Waals surface area contributed by atoms with Crippen molar-refractivity contribution in [3.05, 3.63) is 71.2 Å². The Hall–Kier alpha value is -5.18. The Balaban J connectivity index is 0.000000161. The predicted molar refractivity (Wildman–Crippen MR) is 230 cm³/mol. The highest BCUT2D eigenvalue weighted by atomic mass is 32.1. The third-order valence-corrected chi connectivity index (χ3v) is 11.2. The van der Waals surface area contributed by atoms with Crippen molar-refractivity contribution in [2.75, 3.05) is 107 Å². The normalized spacial score (nSPS) is 22.2. The maximum atomic E-state index is 12.1. The van der Waals surface area contributed by atoms with Crippen molar-refractivity contribution in [3.63, 3.8) is 0 Å². The van der Waals surface area contributed by atoms with Gasteiger partial charge >= 0.3 is 0 Å². The average molecular weight is 916 g/mol. The fourth-order valence-corrected chi connectivity index (χ4v) is 7.27. The number of amides is 4. The molecule has 4 amide bonds. The summed E-state index contributed by atoms with van der Waals surface area (Å²) >= 11 is 1.57. The van der Waals surface area contributed by atoms with Gasteiger partial charge in [-0.3, -0.25) is 24.2 Å². The molecule has 352 valence electrons. The molecular weight excluding hydrogens is 855 g/mol. The standard InChI is InChI=1S/C10H16N4O2.2C10H15N3O3.C10H15N3O2S/c1-11-8-7-16-5-4-14(10(8)15)6-9-12-2-3-13-9;1-11-9-6-15-3-2-13(10(9)14)5-8-4-12-7-16-8;1-11-9-7-15-5-4-13(10(9)14)6-8-2-3-12-16-8;1-11-9-6-15-3-2-13(10(9)14)5-8-4-12-7-16-8/h2-3,8,11H,4-7H2,1H3,(H,12,13);4,7,9,11H,2-3,5-6H2,1H3;2-3,9,11H,4-7H2,1H3;4,7,9,11H,2-3,5-6H2,1H3. The molecular formula is C40H61N13O10S. The van der Waals surface area contributed by atoms with Gasteiger partial charge in [0, 0.05) is 55.7 Å². The van der Waals surface area contributed by atoms with Crippen LogP contribution in [0.5, 0.6) is 0 Å². The average Bonchev–Trinajstić information content (AvgIpc) is 4.15. The van der Waals surface area contributed by atoms with Crippen molar-refractivity contribution in [3.8, 4) is 0 Å². The van der Waals surface area contributed by atoms with Crippen LogP contribution in [0.3, 0.4) is 0 Å². The minimum atomic E-state index is -0.273. The summed E-state index contributed by atoms with van der Waals surface area (Å²) in [4.78, 5) is 71.2. The summed E-state index contributed by atoms with van der Waals surface area (Å²) in [5.74, 6) is 2.41. The van der Waals surface area contributed by atoms with E-state index in [1.165, 1.54) is 6.39 Å². The van der Waals surface area contributed by atoms with Crippen LogP contribution < -0.4 is 21.3 Å². The number of thiazole rings is 1. The molecule has 0 saturated carbocycles. The smallest absolute Gasteiger partial charge is 0.242 e. The van der Waals surface area contributed by atoms with Crippen LogP contribution in [0.4, 0.5) is 0 Å². The quantitative estimate of drug-likeness (QED) is 0.111. The van der Waals surface area contributed by atoms with E-state index in [1.54, 1.807) is 96.8 Å². The van der Waals surface area contributed by atoms with Crippen molar-refractivity contribution in [2.24, 2.45) is 0 Å². The van der Waals surface area contributed by atoms with E-state index in [9.17, 15) is 19.2 Å². The molecule has 0 radical (unpaired) electrons. The Labute approximate surface area is 375 Å². The lowest BCUT2D eigenvalue weighted by Crippen LogP contribution is -2.45. The number of rotatable bonds is 12. The van der Waals surface area contributed by atoms with Crippen molar-refractivity contribution < 1.29 is 47.1 Å². The molecule has 4 fully saturated rings. The lowest BCUT2D eigenvalue weighted by molar-refractivity contribution is -0.134. The zero-order valence-electron chi connectivity index (χ0n) is 36.8. The fraction of sp³-hybridized carbons (Fsp3) is 0.600. The maximum Gasteiger partial charge on any atom is 0.242 e. The van der Waals surface area contributed by atoms with Gasteiger partial charge in [0.1, 0.15) is 35.8 Å². The second kappa shape index (κ2) is 27.2. The fourth-order valence-electron chi connectivity index (χ4n) is 6.66. The summed E-state index contributed by atoms with van der Waals surface area (Å²) in [6, 6.07) is 0.733. The second-order valence-corrected chi connectivity index (χ2v) is 15.6. The number of carbonyl (C=O) groups excluding carboxylic acids is 4. The maximum absolute atomic E-state index is 12.1. The number of H-pyrrole nitrogens is 1. The lowest BCUT2D eigenvalue weighted by atomic mass is 10.2. The number of hydrogen-bond donors (Lipinski definition) is 5. The molecule has 8 heterocycles. The first kappa shape index (κ1) is 49.8.